The summed E-state index contributed by atoms with van der Waals surface area (Å²) in [6, 6.07) is 9.14. The Labute approximate surface area is 160 Å². The molecular formula is C15H10BrCl2N3O4. The highest BCUT2D eigenvalue weighted by molar-refractivity contribution is 9.10. The van der Waals surface area contributed by atoms with Crippen molar-refractivity contribution in [3.05, 3.63) is 66.6 Å². The first-order valence-corrected chi connectivity index (χ1v) is 8.25. The number of amides is 1. The van der Waals surface area contributed by atoms with Crippen LogP contribution in [0.5, 0.6) is 5.75 Å². The van der Waals surface area contributed by atoms with Crippen LogP contribution >= 0.6 is 39.1 Å². The zero-order valence-corrected chi connectivity index (χ0v) is 15.5. The van der Waals surface area contributed by atoms with Crippen molar-refractivity contribution in [2.45, 2.75) is 0 Å². The number of hydrogen-bond acceptors (Lipinski definition) is 5. The van der Waals surface area contributed by atoms with Gasteiger partial charge in [0.05, 0.1) is 16.2 Å². The van der Waals surface area contributed by atoms with Crippen molar-refractivity contribution < 1.29 is 14.5 Å². The van der Waals surface area contributed by atoms with Crippen LogP contribution in [0.15, 0.2) is 46.0 Å². The summed E-state index contributed by atoms with van der Waals surface area (Å²) in [5, 5.41) is 14.9. The minimum absolute atomic E-state index is 0.0194. The first kappa shape index (κ1) is 19.2. The Balaban J connectivity index is 1.90. The maximum atomic E-state index is 11.7. The van der Waals surface area contributed by atoms with E-state index in [9.17, 15) is 14.9 Å². The summed E-state index contributed by atoms with van der Waals surface area (Å²) in [6.07, 6.45) is 1.26. The number of benzene rings is 2. The van der Waals surface area contributed by atoms with Crippen molar-refractivity contribution in [1.29, 1.82) is 0 Å². The SMILES string of the molecule is O=C(COc1ccc(Br)cc1Cl)NN=Cc1ccc(Cl)c([N+](=O)[O-])c1. The normalized spacial score (nSPS) is 10.7. The van der Waals surface area contributed by atoms with E-state index in [-0.39, 0.29) is 17.3 Å². The first-order valence-electron chi connectivity index (χ1n) is 6.70. The standard InChI is InChI=1S/C15H10BrCl2N3O4/c16-10-2-4-14(12(18)6-10)25-8-15(22)20-19-7-9-1-3-11(17)13(5-9)21(23)24/h1-7H,8H2,(H,20,22). The molecule has 1 amide bonds. The van der Waals surface area contributed by atoms with Gasteiger partial charge in [0.15, 0.2) is 6.61 Å². The second-order valence-electron chi connectivity index (χ2n) is 4.62. The summed E-state index contributed by atoms with van der Waals surface area (Å²) in [5.41, 5.74) is 2.41. The molecule has 10 heteroatoms. The summed E-state index contributed by atoms with van der Waals surface area (Å²) in [5.74, 6) is -0.156. The van der Waals surface area contributed by atoms with Gasteiger partial charge in [-0.15, -0.1) is 0 Å². The average Bonchev–Trinajstić information content (AvgIpc) is 2.55. The zero-order chi connectivity index (χ0) is 18.4. The Hall–Kier alpha value is -2.16. The van der Waals surface area contributed by atoms with Gasteiger partial charge in [-0.1, -0.05) is 45.2 Å². The van der Waals surface area contributed by atoms with Crippen LogP contribution < -0.4 is 10.2 Å². The van der Waals surface area contributed by atoms with E-state index in [2.05, 4.69) is 26.5 Å². The molecule has 25 heavy (non-hydrogen) atoms. The second kappa shape index (κ2) is 8.80. The molecule has 2 aromatic rings. The number of nitro groups is 1. The number of carbonyl (C=O) groups is 1. The summed E-state index contributed by atoms with van der Waals surface area (Å²) in [6.45, 7) is -0.292. The molecule has 0 aliphatic rings. The smallest absolute Gasteiger partial charge is 0.288 e. The Bertz CT molecular complexity index is 846. The van der Waals surface area contributed by atoms with Crippen molar-refractivity contribution in [2.24, 2.45) is 5.10 Å². The van der Waals surface area contributed by atoms with E-state index in [1.165, 1.54) is 24.4 Å². The van der Waals surface area contributed by atoms with Crippen molar-refractivity contribution in [3.8, 4) is 5.75 Å². The molecular weight excluding hydrogens is 437 g/mol. The number of halogens is 3. The van der Waals surface area contributed by atoms with E-state index in [1.807, 2.05) is 0 Å². The average molecular weight is 447 g/mol. The number of hydrogen-bond donors (Lipinski definition) is 1. The van der Waals surface area contributed by atoms with Gasteiger partial charge in [0.1, 0.15) is 10.8 Å². The molecule has 0 bridgehead atoms. The van der Waals surface area contributed by atoms with E-state index in [1.54, 1.807) is 18.2 Å². The van der Waals surface area contributed by atoms with Crippen LogP contribution in [0.3, 0.4) is 0 Å². The zero-order valence-electron chi connectivity index (χ0n) is 12.4. The van der Waals surface area contributed by atoms with E-state index >= 15 is 0 Å². The van der Waals surface area contributed by atoms with Gasteiger partial charge in [0, 0.05) is 16.1 Å². The summed E-state index contributed by atoms with van der Waals surface area (Å²) in [7, 11) is 0. The molecule has 0 heterocycles. The molecule has 0 radical (unpaired) electrons. The number of carbonyl (C=O) groups excluding carboxylic acids is 1. The van der Waals surface area contributed by atoms with E-state index in [0.717, 1.165) is 4.47 Å². The number of nitrogens with one attached hydrogen (secondary N) is 1. The van der Waals surface area contributed by atoms with Gasteiger partial charge in [-0.05, 0) is 24.3 Å². The molecule has 0 aliphatic carbocycles. The van der Waals surface area contributed by atoms with Crippen molar-refractivity contribution in [1.82, 2.24) is 5.43 Å². The van der Waals surface area contributed by atoms with Crippen LogP contribution in [0.25, 0.3) is 0 Å². The van der Waals surface area contributed by atoms with Gasteiger partial charge in [-0.3, -0.25) is 14.9 Å². The number of ether oxygens (including phenoxy) is 1. The molecule has 0 aliphatic heterocycles. The second-order valence-corrected chi connectivity index (χ2v) is 6.35. The number of rotatable bonds is 6. The van der Waals surface area contributed by atoms with Crippen LogP contribution in [-0.4, -0.2) is 23.7 Å². The van der Waals surface area contributed by atoms with Crippen LogP contribution in [0.4, 0.5) is 5.69 Å². The highest BCUT2D eigenvalue weighted by Crippen LogP contribution is 2.27. The molecule has 2 rings (SSSR count). The van der Waals surface area contributed by atoms with Crippen LogP contribution in [0.2, 0.25) is 10.0 Å². The first-order chi connectivity index (χ1) is 11.9. The highest BCUT2D eigenvalue weighted by atomic mass is 79.9. The van der Waals surface area contributed by atoms with Crippen molar-refractivity contribution >= 4 is 56.9 Å². The van der Waals surface area contributed by atoms with Gasteiger partial charge in [0.2, 0.25) is 0 Å². The van der Waals surface area contributed by atoms with E-state index in [0.29, 0.717) is 16.3 Å². The molecule has 0 unspecified atom stereocenters. The molecule has 1 N–H and O–H groups in total. The maximum absolute atomic E-state index is 11.7. The predicted molar refractivity (Wildman–Crippen MR) is 98.5 cm³/mol. The fraction of sp³-hybridized carbons (Fsp3) is 0.0667. The van der Waals surface area contributed by atoms with Crippen molar-refractivity contribution in [3.63, 3.8) is 0 Å². The molecule has 0 saturated carbocycles. The highest BCUT2D eigenvalue weighted by Gasteiger charge is 2.12. The van der Waals surface area contributed by atoms with Gasteiger partial charge in [-0.25, -0.2) is 5.43 Å². The minimum atomic E-state index is -0.603. The Morgan fingerprint density at radius 1 is 1.28 bits per heavy atom. The third-order valence-electron chi connectivity index (χ3n) is 2.82. The molecule has 0 spiro atoms. The number of nitrogens with zero attached hydrogens (tertiary/aromatic N) is 2. The summed E-state index contributed by atoms with van der Waals surface area (Å²) < 4.78 is 6.07. The molecule has 7 nitrogen and oxygen atoms in total. The number of hydrazone groups is 1. The van der Waals surface area contributed by atoms with Crippen LogP contribution in [0.1, 0.15) is 5.56 Å². The number of nitro benzene ring substituents is 1. The lowest BCUT2D eigenvalue weighted by atomic mass is 10.2. The fourth-order valence-corrected chi connectivity index (χ4v) is 2.61. The summed E-state index contributed by atoms with van der Waals surface area (Å²) >= 11 is 14.9. The lowest BCUT2D eigenvalue weighted by Gasteiger charge is -2.07. The van der Waals surface area contributed by atoms with E-state index < -0.39 is 10.8 Å². The third-order valence-corrected chi connectivity index (χ3v) is 3.93. The maximum Gasteiger partial charge on any atom is 0.288 e. The Morgan fingerprint density at radius 3 is 2.72 bits per heavy atom. The molecule has 0 aromatic heterocycles. The largest absolute Gasteiger partial charge is 0.482 e. The van der Waals surface area contributed by atoms with Gasteiger partial charge in [0.25, 0.3) is 11.6 Å². The lowest BCUT2D eigenvalue weighted by Crippen LogP contribution is -2.24. The van der Waals surface area contributed by atoms with Crippen molar-refractivity contribution in [2.75, 3.05) is 6.61 Å². The van der Waals surface area contributed by atoms with Gasteiger partial charge in [-0.2, -0.15) is 5.10 Å². The van der Waals surface area contributed by atoms with Gasteiger partial charge >= 0.3 is 0 Å². The van der Waals surface area contributed by atoms with Gasteiger partial charge < -0.3 is 4.74 Å². The fourth-order valence-electron chi connectivity index (χ4n) is 1.70. The monoisotopic (exact) mass is 445 g/mol. The quantitative estimate of drug-likeness (QED) is 0.408. The minimum Gasteiger partial charge on any atom is -0.482 e. The Morgan fingerprint density at radius 2 is 2.04 bits per heavy atom. The topological polar surface area (TPSA) is 93.8 Å². The van der Waals surface area contributed by atoms with Crippen LogP contribution in [-0.2, 0) is 4.79 Å². The molecule has 130 valence electrons. The third kappa shape index (κ3) is 5.70. The predicted octanol–water partition coefficient (Wildman–Crippen LogP) is 4.19. The molecule has 0 fully saturated rings. The van der Waals surface area contributed by atoms with E-state index in [4.69, 9.17) is 27.9 Å². The molecule has 0 atom stereocenters. The Kier molecular flexibility index (Phi) is 6.74. The lowest BCUT2D eigenvalue weighted by molar-refractivity contribution is -0.384. The molecule has 0 saturated heterocycles. The van der Waals surface area contributed by atoms with Crippen LogP contribution in [0, 0.1) is 10.1 Å². The molecule has 2 aromatic carbocycles. The summed E-state index contributed by atoms with van der Waals surface area (Å²) in [4.78, 5) is 21.9.